The molecule has 1 amide bonds. The van der Waals surface area contributed by atoms with Crippen molar-refractivity contribution in [3.05, 3.63) is 29.8 Å². The normalized spacial score (nSPS) is 11.3. The van der Waals surface area contributed by atoms with Gasteiger partial charge in [-0.25, -0.2) is 0 Å². The fourth-order valence-corrected chi connectivity index (χ4v) is 1.78. The van der Waals surface area contributed by atoms with E-state index in [0.717, 1.165) is 11.3 Å². The van der Waals surface area contributed by atoms with Crippen LogP contribution in [0.5, 0.6) is 5.75 Å². The van der Waals surface area contributed by atoms with Crippen LogP contribution in [0.2, 0.25) is 0 Å². The number of hydrogen-bond acceptors (Lipinski definition) is 3. The minimum absolute atomic E-state index is 0.300. The van der Waals surface area contributed by atoms with Crippen LogP contribution in [0.4, 0.5) is 0 Å². The smallest absolute Gasteiger partial charge is 0.219 e. The molecule has 0 radical (unpaired) electrons. The van der Waals surface area contributed by atoms with Gasteiger partial charge in [0.2, 0.25) is 5.91 Å². The Morgan fingerprint density at radius 3 is 2.67 bits per heavy atom. The standard InChI is InChI=1S/C14H22N2O2/c1-4-18-12-8-6-5-7-11(12)10-16-14(2,3)9-13(15)17/h5-8,16H,4,9-10H2,1-3H3,(H2,15,17). The molecule has 4 heteroatoms. The highest BCUT2D eigenvalue weighted by molar-refractivity contribution is 5.75. The van der Waals surface area contributed by atoms with E-state index in [1.165, 1.54) is 0 Å². The van der Waals surface area contributed by atoms with Crippen LogP contribution in [-0.2, 0) is 11.3 Å². The molecule has 18 heavy (non-hydrogen) atoms. The predicted octanol–water partition coefficient (Wildman–Crippen LogP) is 1.83. The maximum absolute atomic E-state index is 11.0. The lowest BCUT2D eigenvalue weighted by molar-refractivity contribution is -0.119. The Hall–Kier alpha value is -1.55. The van der Waals surface area contributed by atoms with E-state index in [-0.39, 0.29) is 11.4 Å². The molecule has 100 valence electrons. The Morgan fingerprint density at radius 1 is 1.39 bits per heavy atom. The largest absolute Gasteiger partial charge is 0.494 e. The summed E-state index contributed by atoms with van der Waals surface area (Å²) in [6, 6.07) is 7.88. The van der Waals surface area contributed by atoms with Gasteiger partial charge in [-0.2, -0.15) is 0 Å². The van der Waals surface area contributed by atoms with Gasteiger partial charge in [-0.1, -0.05) is 18.2 Å². The van der Waals surface area contributed by atoms with Gasteiger partial charge < -0.3 is 15.8 Å². The molecule has 0 saturated carbocycles. The van der Waals surface area contributed by atoms with Gasteiger partial charge in [0.25, 0.3) is 0 Å². The van der Waals surface area contributed by atoms with Crippen LogP contribution < -0.4 is 15.8 Å². The summed E-state index contributed by atoms with van der Waals surface area (Å²) in [5.41, 5.74) is 5.99. The first-order valence-corrected chi connectivity index (χ1v) is 6.18. The average Bonchev–Trinajstić information content (AvgIpc) is 2.27. The summed E-state index contributed by atoms with van der Waals surface area (Å²) in [5, 5.41) is 3.32. The molecule has 4 nitrogen and oxygen atoms in total. The third kappa shape index (κ3) is 4.75. The van der Waals surface area contributed by atoms with E-state index in [1.54, 1.807) is 0 Å². The number of nitrogens with one attached hydrogen (secondary N) is 1. The molecule has 1 rings (SSSR count). The van der Waals surface area contributed by atoms with Gasteiger partial charge in [-0.15, -0.1) is 0 Å². The molecule has 0 spiro atoms. The molecule has 1 aromatic rings. The lowest BCUT2D eigenvalue weighted by Crippen LogP contribution is -2.42. The number of ether oxygens (including phenoxy) is 1. The first-order chi connectivity index (χ1) is 8.44. The van der Waals surface area contributed by atoms with Gasteiger partial charge in [0.15, 0.2) is 0 Å². The van der Waals surface area contributed by atoms with E-state index in [2.05, 4.69) is 5.32 Å². The van der Waals surface area contributed by atoms with Gasteiger partial charge in [-0.05, 0) is 26.8 Å². The number of hydrogen-bond donors (Lipinski definition) is 2. The summed E-state index contributed by atoms with van der Waals surface area (Å²) in [6.45, 7) is 7.17. The zero-order valence-electron chi connectivity index (χ0n) is 11.3. The average molecular weight is 250 g/mol. The summed E-state index contributed by atoms with van der Waals surface area (Å²) in [4.78, 5) is 11.0. The third-order valence-electron chi connectivity index (χ3n) is 2.65. The molecule has 1 aromatic carbocycles. The zero-order valence-corrected chi connectivity index (χ0v) is 11.3. The Bertz CT molecular complexity index is 403. The third-order valence-corrected chi connectivity index (χ3v) is 2.65. The van der Waals surface area contributed by atoms with Crippen molar-refractivity contribution in [3.63, 3.8) is 0 Å². The second-order valence-corrected chi connectivity index (χ2v) is 4.92. The number of rotatable bonds is 7. The van der Waals surface area contributed by atoms with Crippen molar-refractivity contribution in [2.45, 2.75) is 39.3 Å². The SMILES string of the molecule is CCOc1ccccc1CNC(C)(C)CC(N)=O. The molecular formula is C14H22N2O2. The minimum atomic E-state index is -0.314. The maximum atomic E-state index is 11.0. The molecular weight excluding hydrogens is 228 g/mol. The maximum Gasteiger partial charge on any atom is 0.219 e. The van der Waals surface area contributed by atoms with E-state index in [0.29, 0.717) is 19.6 Å². The highest BCUT2D eigenvalue weighted by atomic mass is 16.5. The number of nitrogens with two attached hydrogens (primary N) is 1. The Balaban J connectivity index is 2.65. The summed E-state index contributed by atoms with van der Waals surface area (Å²) < 4.78 is 5.55. The van der Waals surface area contributed by atoms with Crippen molar-refractivity contribution in [1.82, 2.24) is 5.32 Å². The van der Waals surface area contributed by atoms with Crippen molar-refractivity contribution in [3.8, 4) is 5.75 Å². The van der Waals surface area contributed by atoms with E-state index in [4.69, 9.17) is 10.5 Å². The van der Waals surface area contributed by atoms with Crippen LogP contribution in [0.1, 0.15) is 32.8 Å². The Kier molecular flexibility index (Phi) is 5.16. The molecule has 0 unspecified atom stereocenters. The molecule has 0 atom stereocenters. The Labute approximate surface area is 109 Å². The zero-order chi connectivity index (χ0) is 13.6. The van der Waals surface area contributed by atoms with Gasteiger partial charge in [0, 0.05) is 24.1 Å². The van der Waals surface area contributed by atoms with Crippen LogP contribution >= 0.6 is 0 Å². The van der Waals surface area contributed by atoms with Gasteiger partial charge >= 0.3 is 0 Å². The number of carbonyl (C=O) groups excluding carboxylic acids is 1. The fraction of sp³-hybridized carbons (Fsp3) is 0.500. The molecule has 0 aliphatic rings. The van der Waals surface area contributed by atoms with E-state index in [1.807, 2.05) is 45.0 Å². The quantitative estimate of drug-likeness (QED) is 0.776. The topological polar surface area (TPSA) is 64.3 Å². The lowest BCUT2D eigenvalue weighted by Gasteiger charge is -2.25. The summed E-state index contributed by atoms with van der Waals surface area (Å²) >= 11 is 0. The van der Waals surface area contributed by atoms with E-state index < -0.39 is 0 Å². The number of para-hydroxylation sites is 1. The second kappa shape index (κ2) is 6.40. The van der Waals surface area contributed by atoms with Crippen molar-refractivity contribution >= 4 is 5.91 Å². The molecule has 0 aliphatic heterocycles. The van der Waals surface area contributed by atoms with E-state index in [9.17, 15) is 4.79 Å². The van der Waals surface area contributed by atoms with Crippen molar-refractivity contribution < 1.29 is 9.53 Å². The van der Waals surface area contributed by atoms with Gasteiger partial charge in [0.1, 0.15) is 5.75 Å². The van der Waals surface area contributed by atoms with Crippen LogP contribution in [0.25, 0.3) is 0 Å². The monoisotopic (exact) mass is 250 g/mol. The van der Waals surface area contributed by atoms with Crippen molar-refractivity contribution in [1.29, 1.82) is 0 Å². The van der Waals surface area contributed by atoms with E-state index >= 15 is 0 Å². The van der Waals surface area contributed by atoms with Crippen LogP contribution in [0.15, 0.2) is 24.3 Å². The summed E-state index contributed by atoms with van der Waals surface area (Å²) in [6.07, 6.45) is 0.309. The Morgan fingerprint density at radius 2 is 2.06 bits per heavy atom. The highest BCUT2D eigenvalue weighted by Gasteiger charge is 2.20. The number of carbonyl (C=O) groups is 1. The first-order valence-electron chi connectivity index (χ1n) is 6.18. The molecule has 3 N–H and O–H groups in total. The van der Waals surface area contributed by atoms with Crippen LogP contribution in [-0.4, -0.2) is 18.1 Å². The van der Waals surface area contributed by atoms with Gasteiger partial charge in [0.05, 0.1) is 6.61 Å². The molecule has 0 fully saturated rings. The summed E-state index contributed by atoms with van der Waals surface area (Å²) in [7, 11) is 0. The van der Waals surface area contributed by atoms with Crippen molar-refractivity contribution in [2.24, 2.45) is 5.73 Å². The molecule has 0 aliphatic carbocycles. The van der Waals surface area contributed by atoms with Gasteiger partial charge in [-0.3, -0.25) is 4.79 Å². The molecule has 0 saturated heterocycles. The lowest BCUT2D eigenvalue weighted by atomic mass is 10.00. The van der Waals surface area contributed by atoms with Crippen molar-refractivity contribution in [2.75, 3.05) is 6.61 Å². The van der Waals surface area contributed by atoms with Crippen LogP contribution in [0.3, 0.4) is 0 Å². The molecule has 0 aromatic heterocycles. The molecule has 0 bridgehead atoms. The number of amides is 1. The summed E-state index contributed by atoms with van der Waals surface area (Å²) in [5.74, 6) is 0.577. The molecule has 0 heterocycles. The second-order valence-electron chi connectivity index (χ2n) is 4.92. The minimum Gasteiger partial charge on any atom is -0.494 e. The number of benzene rings is 1. The predicted molar refractivity (Wildman–Crippen MR) is 72.3 cm³/mol. The highest BCUT2D eigenvalue weighted by Crippen LogP contribution is 2.19. The number of primary amides is 1. The first kappa shape index (κ1) is 14.5. The van der Waals surface area contributed by atoms with Crippen LogP contribution in [0, 0.1) is 0 Å². The fourth-order valence-electron chi connectivity index (χ4n) is 1.78.